The molecule has 0 aliphatic carbocycles. The summed E-state index contributed by atoms with van der Waals surface area (Å²) >= 11 is -0.0806. The number of Topliss-reactive ketones (excluding diaryl/α,β-unsaturated/α-hetero) is 1. The Kier molecular flexibility index (Phi) is 7.79. The van der Waals surface area contributed by atoms with Crippen molar-refractivity contribution in [2.24, 2.45) is 5.41 Å². The van der Waals surface area contributed by atoms with Crippen LogP contribution in [-0.2, 0) is 21.6 Å². The number of hydrogen-bond donors (Lipinski definition) is 0. The van der Waals surface area contributed by atoms with E-state index >= 15 is 0 Å². The fourth-order valence-corrected chi connectivity index (χ4v) is 5.19. The van der Waals surface area contributed by atoms with Crippen LogP contribution in [0.2, 0.25) is 0 Å². The highest BCUT2D eigenvalue weighted by atomic mass is 80.0. The molecule has 2 atom stereocenters. The first-order valence-electron chi connectivity index (χ1n) is 9.16. The van der Waals surface area contributed by atoms with Gasteiger partial charge >= 0.3 is 14.8 Å². The van der Waals surface area contributed by atoms with Crippen molar-refractivity contribution in [2.75, 3.05) is 11.9 Å². The highest BCUT2D eigenvalue weighted by molar-refractivity contribution is 9.09. The number of hydrogen-bond acceptors (Lipinski definition) is 5. The highest BCUT2D eigenvalue weighted by Gasteiger charge is 2.48. The molecule has 28 heavy (non-hydrogen) atoms. The maximum atomic E-state index is 12.9. The van der Waals surface area contributed by atoms with E-state index in [-0.39, 0.29) is 11.1 Å². The summed E-state index contributed by atoms with van der Waals surface area (Å²) in [7, 11) is 0. The molecule has 0 amide bonds. The van der Waals surface area contributed by atoms with Gasteiger partial charge in [0.1, 0.15) is 5.78 Å². The van der Waals surface area contributed by atoms with Crippen LogP contribution < -0.4 is 8.40 Å². The third-order valence-corrected chi connectivity index (χ3v) is 6.60. The molecule has 2 aromatic rings. The van der Waals surface area contributed by atoms with Gasteiger partial charge in [0.15, 0.2) is 0 Å². The van der Waals surface area contributed by atoms with Crippen LogP contribution in [0.1, 0.15) is 24.0 Å². The molecule has 0 bridgehead atoms. The molecule has 1 aliphatic rings. The predicted octanol–water partition coefficient (Wildman–Crippen LogP) is 1.90. The van der Waals surface area contributed by atoms with Crippen LogP contribution in [0.25, 0.3) is 0 Å². The molecule has 1 saturated heterocycles. The first-order chi connectivity index (χ1) is 13.5. The number of carbonyl (C=O) groups is 1. The number of nitrogens with zero attached hydrogens (tertiary/aromatic N) is 1. The summed E-state index contributed by atoms with van der Waals surface area (Å²) in [5.74, 6) is 0.0927. The van der Waals surface area contributed by atoms with E-state index in [1.807, 2.05) is 65.6 Å². The Labute approximate surface area is 179 Å². The van der Waals surface area contributed by atoms with Crippen LogP contribution >= 0.6 is 15.9 Å². The molecule has 5 nitrogen and oxygen atoms in total. The van der Waals surface area contributed by atoms with Crippen molar-refractivity contribution in [3.8, 4) is 0 Å². The Morgan fingerprint density at radius 2 is 1.71 bits per heavy atom. The number of rotatable bonds is 8. The minimum Gasteiger partial charge on any atom is -0.372 e. The first kappa shape index (κ1) is 21.6. The summed E-state index contributed by atoms with van der Waals surface area (Å²) in [4.78, 5) is 14.9. The maximum absolute atomic E-state index is 12.9. The van der Waals surface area contributed by atoms with Gasteiger partial charge in [-0.3, -0.25) is 9.69 Å². The minimum atomic E-state index is -3.40. The number of piperidine rings is 1. The molecule has 3 rings (SSSR count). The van der Waals surface area contributed by atoms with Crippen molar-refractivity contribution in [1.29, 1.82) is 0 Å². The van der Waals surface area contributed by atoms with Gasteiger partial charge in [0.25, 0.3) is 0 Å². The van der Waals surface area contributed by atoms with Gasteiger partial charge in [0.05, 0.1) is 5.33 Å². The monoisotopic (exact) mass is 511 g/mol. The lowest BCUT2D eigenvalue weighted by Crippen LogP contribution is -2.54. The molecule has 7 heteroatoms. The molecule has 2 unspecified atom stereocenters. The van der Waals surface area contributed by atoms with Crippen LogP contribution in [0.15, 0.2) is 60.7 Å². The van der Waals surface area contributed by atoms with E-state index in [9.17, 15) is 13.2 Å². The largest absolute Gasteiger partial charge is 0.438 e. The second kappa shape index (κ2) is 10.1. The summed E-state index contributed by atoms with van der Waals surface area (Å²) < 4.78 is 28.1. The van der Waals surface area contributed by atoms with Crippen LogP contribution in [0.4, 0.5) is 0 Å². The summed E-state index contributed by atoms with van der Waals surface area (Å²) in [5.41, 5.74) is 1.52. The zero-order chi connectivity index (χ0) is 20.0. The van der Waals surface area contributed by atoms with E-state index in [2.05, 4.69) is 15.9 Å². The number of benzene rings is 2. The predicted molar refractivity (Wildman–Crippen MR) is 102 cm³/mol. The van der Waals surface area contributed by atoms with Crippen molar-refractivity contribution in [1.82, 2.24) is 4.90 Å². The average molecular weight is 513 g/mol. The second-order valence-corrected chi connectivity index (χ2v) is 8.87. The van der Waals surface area contributed by atoms with Gasteiger partial charge in [-0.15, -0.1) is 0 Å². The van der Waals surface area contributed by atoms with Crippen molar-refractivity contribution < 1.29 is 31.8 Å². The second-order valence-electron chi connectivity index (χ2n) is 7.14. The van der Waals surface area contributed by atoms with Crippen LogP contribution in [0, 0.1) is 20.2 Å². The molecule has 0 aromatic heterocycles. The van der Waals surface area contributed by atoms with Crippen molar-refractivity contribution >= 4 is 21.7 Å². The van der Waals surface area contributed by atoms with E-state index in [0.717, 1.165) is 11.1 Å². The molecular formula is C21H23Br2NO4. The number of carbonyl (C=O) groups excluding carboxylic acids is 1. The van der Waals surface area contributed by atoms with Crippen LogP contribution in [-0.4, -0.2) is 28.8 Å². The number of halogens is 2. The smallest absolute Gasteiger partial charge is 0.372 e. The quantitative estimate of drug-likeness (QED) is 0.505. The minimum absolute atomic E-state index is 0.0927. The number of alkyl halides is 1. The molecular weight excluding hydrogens is 490 g/mol. The van der Waals surface area contributed by atoms with Gasteiger partial charge in [0.2, 0.25) is 6.23 Å². The first-order valence-corrected chi connectivity index (χ1v) is 12.2. The normalized spacial score (nSPS) is 23.1. The van der Waals surface area contributed by atoms with E-state index in [1.54, 1.807) is 0 Å². The molecule has 0 spiro atoms. The lowest BCUT2D eigenvalue weighted by molar-refractivity contribution is -1.63. The van der Waals surface area contributed by atoms with Gasteiger partial charge in [-0.05, 0) is 24.0 Å². The molecule has 0 N–H and O–H groups in total. The molecule has 1 aliphatic heterocycles. The molecule has 1 heterocycles. The van der Waals surface area contributed by atoms with E-state index in [1.165, 1.54) is 0 Å². The molecule has 150 valence electrons. The fraction of sp³-hybridized carbons (Fsp3) is 0.381. The lowest BCUT2D eigenvalue weighted by atomic mass is 9.70. The summed E-state index contributed by atoms with van der Waals surface area (Å²) in [5, 5.41) is 0.248. The van der Waals surface area contributed by atoms with Gasteiger partial charge in [-0.2, -0.15) is 0 Å². The Morgan fingerprint density at radius 3 is 2.29 bits per heavy atom. The molecule has 1 fully saturated rings. The van der Waals surface area contributed by atoms with Crippen molar-refractivity contribution in [2.45, 2.75) is 32.0 Å². The van der Waals surface area contributed by atoms with Crippen molar-refractivity contribution in [3.63, 3.8) is 0 Å². The van der Waals surface area contributed by atoms with E-state index in [0.29, 0.717) is 32.4 Å². The van der Waals surface area contributed by atoms with E-state index in [4.69, 9.17) is 3.83 Å². The highest BCUT2D eigenvalue weighted by Crippen LogP contribution is 2.40. The standard InChI is InChI=1S/C21H23Br2NO4/c22-15-19(25)21(13-17-7-3-1-4-8-17)11-12-24(20(14-21)28-23(26)27)16-18-9-5-2-6-10-18/h1-10,20H,11-16H2. The molecule has 2 aromatic carbocycles. The van der Waals surface area contributed by atoms with Gasteiger partial charge < -0.3 is 8.40 Å². The number of likely N-dealkylation sites (tertiary alicyclic amines) is 1. The van der Waals surface area contributed by atoms with E-state index < -0.39 is 26.5 Å². The molecule has 0 saturated carbocycles. The zero-order valence-electron chi connectivity index (χ0n) is 15.4. The summed E-state index contributed by atoms with van der Waals surface area (Å²) in [6.45, 7) is 1.19. The third kappa shape index (κ3) is 5.49. The van der Waals surface area contributed by atoms with Crippen molar-refractivity contribution in [3.05, 3.63) is 71.8 Å². The van der Waals surface area contributed by atoms with Crippen LogP contribution in [0.3, 0.4) is 0 Å². The summed E-state index contributed by atoms with van der Waals surface area (Å²) in [6.07, 6.45) is 0.972. The molecule has 0 radical (unpaired) electrons. The van der Waals surface area contributed by atoms with Crippen LogP contribution in [0.5, 0.6) is 0 Å². The zero-order valence-corrected chi connectivity index (χ0v) is 18.6. The SMILES string of the molecule is O=C(CBr)C1(Cc2ccccc2)CCN(Cc2ccccc2)C(O[Br+2]([O-])[O-])C1. The average Bonchev–Trinajstić information content (AvgIpc) is 2.70. The van der Waals surface area contributed by atoms with Gasteiger partial charge in [-0.25, -0.2) is 0 Å². The Balaban J connectivity index is 1.83. The number of ketones is 1. The Morgan fingerprint density at radius 1 is 1.11 bits per heavy atom. The fourth-order valence-electron chi connectivity index (χ4n) is 3.88. The Bertz CT molecular complexity index is 760. The van der Waals surface area contributed by atoms with Gasteiger partial charge in [0, 0.05) is 28.8 Å². The lowest BCUT2D eigenvalue weighted by Gasteiger charge is -2.43. The maximum Gasteiger partial charge on any atom is 0.438 e. The Hall–Kier alpha value is -1.09. The van der Waals surface area contributed by atoms with Gasteiger partial charge in [-0.1, -0.05) is 76.6 Å². The summed E-state index contributed by atoms with van der Waals surface area (Å²) in [6, 6.07) is 19.7. The topological polar surface area (TPSA) is 75.7 Å². The third-order valence-electron chi connectivity index (χ3n) is 5.35.